The number of H-pyrrole nitrogens is 1. The van der Waals surface area contributed by atoms with Crippen LogP contribution >= 0.6 is 0 Å². The lowest BCUT2D eigenvalue weighted by Gasteiger charge is -2.30. The Hall–Kier alpha value is -5.60. The molecule has 1 aromatic heterocycles. The van der Waals surface area contributed by atoms with Crippen LogP contribution in [0.4, 0.5) is 0 Å². The minimum Gasteiger partial charge on any atom is -0.480 e. The number of para-hydroxylation sites is 1. The first-order valence-corrected chi connectivity index (χ1v) is 18.5. The molecule has 1 aromatic carbocycles. The molecule has 0 radical (unpaired) electrons. The van der Waals surface area contributed by atoms with Gasteiger partial charge in [-0.25, -0.2) is 4.79 Å². The third kappa shape index (κ3) is 14.1. The molecule has 0 saturated heterocycles. The van der Waals surface area contributed by atoms with Gasteiger partial charge in [0.25, 0.3) is 0 Å². The Bertz CT molecular complexity index is 1750. The van der Waals surface area contributed by atoms with Crippen molar-refractivity contribution in [1.29, 1.82) is 0 Å². The van der Waals surface area contributed by atoms with Gasteiger partial charge in [-0.2, -0.15) is 0 Å². The fourth-order valence-electron chi connectivity index (χ4n) is 5.84. The number of benzene rings is 1. The summed E-state index contributed by atoms with van der Waals surface area (Å²) in [6.07, 6.45) is -2.34. The first kappa shape index (κ1) is 47.6. The molecule has 20 heteroatoms. The quantitative estimate of drug-likeness (QED) is 0.0552. The van der Waals surface area contributed by atoms with E-state index in [1.54, 1.807) is 58.2 Å². The molecule has 2 aromatic rings. The van der Waals surface area contributed by atoms with E-state index in [1.807, 2.05) is 0 Å². The molecule has 0 aliphatic carbocycles. The van der Waals surface area contributed by atoms with E-state index in [2.05, 4.69) is 36.9 Å². The molecule has 0 saturated carbocycles. The fraction of sp³-hybridized carbons (Fsp3) is 0.568. The molecule has 316 valence electrons. The summed E-state index contributed by atoms with van der Waals surface area (Å²) >= 11 is 0. The molecule has 20 nitrogen and oxygen atoms in total. The molecule has 0 fully saturated rings. The summed E-state index contributed by atoms with van der Waals surface area (Å²) in [5, 5.41) is 55.5. The highest BCUT2D eigenvalue weighted by atomic mass is 16.4. The number of primary amides is 1. The molecule has 1 heterocycles. The van der Waals surface area contributed by atoms with Crippen molar-refractivity contribution in [1.82, 2.24) is 36.9 Å². The number of nitrogens with two attached hydrogens (primary N) is 1. The summed E-state index contributed by atoms with van der Waals surface area (Å²) in [5.74, 6) is -9.00. The van der Waals surface area contributed by atoms with Gasteiger partial charge in [-0.1, -0.05) is 52.3 Å². The van der Waals surface area contributed by atoms with E-state index in [4.69, 9.17) is 5.73 Å². The molecule has 7 amide bonds. The van der Waals surface area contributed by atoms with E-state index in [0.717, 1.165) is 12.4 Å². The normalized spacial score (nSPS) is 16.0. The number of rotatable bonds is 23. The average Bonchev–Trinajstić information content (AvgIpc) is 3.56. The summed E-state index contributed by atoms with van der Waals surface area (Å²) in [7, 11) is 0. The summed E-state index contributed by atoms with van der Waals surface area (Å²) < 4.78 is 0. The maximum Gasteiger partial charge on any atom is 0.326 e. The van der Waals surface area contributed by atoms with E-state index in [9.17, 15) is 58.8 Å². The maximum absolute atomic E-state index is 13.9. The van der Waals surface area contributed by atoms with Crippen molar-refractivity contribution in [2.45, 2.75) is 116 Å². The Kier molecular flexibility index (Phi) is 18.5. The van der Waals surface area contributed by atoms with Gasteiger partial charge in [-0.3, -0.25) is 33.6 Å². The van der Waals surface area contributed by atoms with Crippen molar-refractivity contribution in [2.75, 3.05) is 6.61 Å². The first-order valence-electron chi connectivity index (χ1n) is 18.5. The van der Waals surface area contributed by atoms with Gasteiger partial charge in [0, 0.05) is 36.9 Å². The topological polar surface area (TPSA) is 331 Å². The van der Waals surface area contributed by atoms with Gasteiger partial charge in [0.1, 0.15) is 42.4 Å². The monoisotopic (exact) mass is 804 g/mol. The summed E-state index contributed by atoms with van der Waals surface area (Å²) in [6.45, 7) is 7.72. The number of carboxylic acids is 1. The fourth-order valence-corrected chi connectivity index (χ4v) is 5.84. The van der Waals surface area contributed by atoms with Crippen LogP contribution in [-0.4, -0.2) is 128 Å². The lowest BCUT2D eigenvalue weighted by Crippen LogP contribution is -2.63. The predicted molar refractivity (Wildman–Crippen MR) is 204 cm³/mol. The predicted octanol–water partition coefficient (Wildman–Crippen LogP) is -2.57. The van der Waals surface area contributed by atoms with Crippen molar-refractivity contribution in [3.8, 4) is 0 Å². The smallest absolute Gasteiger partial charge is 0.326 e. The van der Waals surface area contributed by atoms with Crippen molar-refractivity contribution in [2.24, 2.45) is 17.6 Å². The highest BCUT2D eigenvalue weighted by Crippen LogP contribution is 2.20. The third-order valence-corrected chi connectivity index (χ3v) is 9.34. The van der Waals surface area contributed by atoms with Crippen LogP contribution in [0.25, 0.3) is 10.9 Å². The lowest BCUT2D eigenvalue weighted by molar-refractivity contribution is -0.143. The third-order valence-electron chi connectivity index (χ3n) is 9.34. The molecule has 0 bridgehead atoms. The summed E-state index contributed by atoms with van der Waals surface area (Å²) in [4.78, 5) is 106. The zero-order valence-electron chi connectivity index (χ0n) is 32.8. The second-order valence-electron chi connectivity index (χ2n) is 14.3. The number of amides is 7. The molecule has 0 unspecified atom stereocenters. The van der Waals surface area contributed by atoms with Gasteiger partial charge in [-0.15, -0.1) is 0 Å². The number of hydrogen-bond donors (Lipinski definition) is 12. The average molecular weight is 805 g/mol. The van der Waals surface area contributed by atoms with Crippen molar-refractivity contribution >= 4 is 58.2 Å². The molecule has 9 atom stereocenters. The van der Waals surface area contributed by atoms with Crippen LogP contribution in [0, 0.1) is 11.8 Å². The van der Waals surface area contributed by atoms with E-state index in [-0.39, 0.29) is 25.7 Å². The number of hydrogen-bond acceptors (Lipinski definition) is 11. The zero-order chi connectivity index (χ0) is 43.1. The number of aliphatic hydroxyl groups is 3. The number of aliphatic carboxylic acids is 1. The number of carbonyl (C=O) groups excluding carboxylic acids is 7. The van der Waals surface area contributed by atoms with Crippen LogP contribution in [-0.2, 0) is 44.8 Å². The van der Waals surface area contributed by atoms with E-state index >= 15 is 0 Å². The Labute approximate surface area is 329 Å². The molecule has 0 spiro atoms. The van der Waals surface area contributed by atoms with Gasteiger partial charge in [0.2, 0.25) is 41.4 Å². The van der Waals surface area contributed by atoms with E-state index < -0.39 is 114 Å². The SMILES string of the molecule is CC[C@H](C)[C@H](NC(=O)[C@H](CCC(N)=O)NC(=O)[C@@H](NC(C)=O)[C@@H](C)O)C(=O)N[C@H](C(=O)N[C@@H](Cc1c[nH]c2ccccc12)C(=O)N[C@H](C(=O)O)C(C)C)[C@H](O)CO. The maximum atomic E-state index is 13.9. The Morgan fingerprint density at radius 3 is 1.82 bits per heavy atom. The molecule has 13 N–H and O–H groups in total. The van der Waals surface area contributed by atoms with Crippen molar-refractivity contribution in [3.05, 3.63) is 36.0 Å². The number of nitrogens with one attached hydrogen (secondary N) is 7. The minimum atomic E-state index is -1.93. The van der Waals surface area contributed by atoms with E-state index in [0.29, 0.717) is 10.9 Å². The van der Waals surface area contributed by atoms with Gasteiger partial charge in [0.15, 0.2) is 0 Å². The number of aromatic nitrogens is 1. The molecule has 57 heavy (non-hydrogen) atoms. The Morgan fingerprint density at radius 2 is 1.28 bits per heavy atom. The zero-order valence-corrected chi connectivity index (χ0v) is 32.8. The number of carboxylic acid groups (broad SMARTS) is 1. The van der Waals surface area contributed by atoms with Gasteiger partial charge >= 0.3 is 5.97 Å². The van der Waals surface area contributed by atoms with Crippen LogP contribution < -0.4 is 37.6 Å². The standard InChI is InChI=1S/C37H56N8O12/c1-7-18(4)29(44-32(51)24(12-13-27(38)50)41-35(54)30(19(5)47)40-20(6)48)34(53)45-31(26(49)16-46)36(55)42-25(33(52)43-28(17(2)3)37(56)57)14-21-15-39-23-11-9-8-10-22(21)23/h8-11,15,17-19,24-26,28-31,39,46-47,49H,7,12-14,16H2,1-6H3,(H2,38,50)(H,40,48)(H,41,54)(H,42,55)(H,43,52)(H,44,51)(H,45,53)(H,56,57)/t18-,19+,24-,25-,26+,28-,29-,30-,31-/m0/s1. The molecular weight excluding hydrogens is 748 g/mol. The lowest BCUT2D eigenvalue weighted by atomic mass is 9.96. The Balaban J connectivity index is 2.43. The van der Waals surface area contributed by atoms with Crippen LogP contribution in [0.2, 0.25) is 0 Å². The first-order chi connectivity index (χ1) is 26.7. The molecule has 0 aliphatic rings. The van der Waals surface area contributed by atoms with Crippen molar-refractivity contribution < 1.29 is 58.8 Å². The van der Waals surface area contributed by atoms with Crippen LogP contribution in [0.5, 0.6) is 0 Å². The van der Waals surface area contributed by atoms with Crippen LogP contribution in [0.15, 0.2) is 30.5 Å². The van der Waals surface area contributed by atoms with E-state index in [1.165, 1.54) is 6.92 Å². The molecule has 2 rings (SSSR count). The largest absolute Gasteiger partial charge is 0.480 e. The van der Waals surface area contributed by atoms with Gasteiger partial charge in [-0.05, 0) is 36.8 Å². The number of aliphatic hydroxyl groups excluding tert-OH is 3. The highest BCUT2D eigenvalue weighted by molar-refractivity contribution is 5.97. The number of fused-ring (bicyclic) bond motifs is 1. The van der Waals surface area contributed by atoms with Crippen LogP contribution in [0.1, 0.15) is 66.4 Å². The Morgan fingerprint density at radius 1 is 0.737 bits per heavy atom. The molecule has 0 aliphatic heterocycles. The minimum absolute atomic E-state index is 0.163. The second-order valence-corrected chi connectivity index (χ2v) is 14.3. The van der Waals surface area contributed by atoms with Gasteiger partial charge < -0.3 is 63.0 Å². The number of carbonyl (C=O) groups is 8. The van der Waals surface area contributed by atoms with Gasteiger partial charge in [0.05, 0.1) is 12.7 Å². The second kappa shape index (κ2) is 22.2. The van der Waals surface area contributed by atoms with Crippen LogP contribution in [0.3, 0.4) is 0 Å². The number of aromatic amines is 1. The molecular formula is C37H56N8O12. The summed E-state index contributed by atoms with van der Waals surface area (Å²) in [6, 6.07) is -2.05. The summed E-state index contributed by atoms with van der Waals surface area (Å²) in [5.41, 5.74) is 6.56. The van der Waals surface area contributed by atoms with Crippen molar-refractivity contribution in [3.63, 3.8) is 0 Å². The highest BCUT2D eigenvalue weighted by Gasteiger charge is 2.38.